The van der Waals surface area contributed by atoms with Gasteiger partial charge in [0.15, 0.2) is 5.82 Å². The first kappa shape index (κ1) is 14.9. The summed E-state index contributed by atoms with van der Waals surface area (Å²) >= 11 is 0. The van der Waals surface area contributed by atoms with E-state index >= 15 is 0 Å². The maximum atomic E-state index is 6.09. The van der Waals surface area contributed by atoms with Crippen LogP contribution >= 0.6 is 0 Å². The van der Waals surface area contributed by atoms with Gasteiger partial charge < -0.3 is 15.0 Å². The third-order valence-electron chi connectivity index (χ3n) is 4.29. The quantitative estimate of drug-likeness (QED) is 0.844. The minimum absolute atomic E-state index is 0.361. The normalized spacial score (nSPS) is 19.4. The minimum Gasteiger partial charge on any atom is -0.399 e. The molecule has 1 aliphatic heterocycles. The number of nitrogens with zero attached hydrogens (tertiary/aromatic N) is 3. The Morgan fingerprint density at radius 3 is 2.18 bits per heavy atom. The highest BCUT2D eigenvalue weighted by atomic mass is 16.7. The Labute approximate surface area is 130 Å². The van der Waals surface area contributed by atoms with E-state index in [0.717, 1.165) is 5.56 Å². The predicted molar refractivity (Wildman–Crippen MR) is 85.4 cm³/mol. The molecule has 3 heterocycles. The number of pyridine rings is 1. The molecule has 2 N–H and O–H groups in total. The van der Waals surface area contributed by atoms with Crippen molar-refractivity contribution in [1.29, 1.82) is 0 Å². The summed E-state index contributed by atoms with van der Waals surface area (Å²) in [6, 6.07) is 3.67. The van der Waals surface area contributed by atoms with Gasteiger partial charge in [-0.2, -0.15) is 0 Å². The highest BCUT2D eigenvalue weighted by molar-refractivity contribution is 6.63. The standard InChI is InChI=1S/C15H19BN4O2/c1-14(2)15(3,4)22-16(21-14)11-9-19-13(20-12(11)17)10-5-7-18-8-6-10/h5-9H,1-4H3,(H2,17,19,20). The molecule has 7 heteroatoms. The summed E-state index contributed by atoms with van der Waals surface area (Å²) in [7, 11) is -0.559. The van der Waals surface area contributed by atoms with Gasteiger partial charge >= 0.3 is 7.12 Å². The highest BCUT2D eigenvalue weighted by Gasteiger charge is 2.52. The molecule has 1 fully saturated rings. The van der Waals surface area contributed by atoms with Gasteiger partial charge in [0.25, 0.3) is 0 Å². The van der Waals surface area contributed by atoms with E-state index in [1.165, 1.54) is 0 Å². The number of anilines is 1. The average Bonchev–Trinajstić information content (AvgIpc) is 2.68. The van der Waals surface area contributed by atoms with Gasteiger partial charge in [0.2, 0.25) is 0 Å². The van der Waals surface area contributed by atoms with Gasteiger partial charge in [-0.1, -0.05) is 0 Å². The Hall–Kier alpha value is -1.99. The van der Waals surface area contributed by atoms with Crippen molar-refractivity contribution in [2.75, 3.05) is 5.73 Å². The minimum atomic E-state index is -0.559. The molecule has 0 bridgehead atoms. The molecule has 6 nitrogen and oxygen atoms in total. The van der Waals surface area contributed by atoms with Gasteiger partial charge in [-0.3, -0.25) is 4.98 Å². The van der Waals surface area contributed by atoms with Gasteiger partial charge in [0.05, 0.1) is 11.2 Å². The summed E-state index contributed by atoms with van der Waals surface area (Å²) in [5.41, 5.74) is 6.76. The zero-order valence-corrected chi connectivity index (χ0v) is 13.2. The van der Waals surface area contributed by atoms with Crippen molar-refractivity contribution in [3.8, 4) is 11.4 Å². The van der Waals surface area contributed by atoms with Crippen LogP contribution in [0.2, 0.25) is 0 Å². The van der Waals surface area contributed by atoms with Crippen LogP contribution in [0.1, 0.15) is 27.7 Å². The Morgan fingerprint density at radius 2 is 1.64 bits per heavy atom. The van der Waals surface area contributed by atoms with Crippen molar-refractivity contribution in [1.82, 2.24) is 15.0 Å². The average molecular weight is 298 g/mol. The zero-order chi connectivity index (χ0) is 16.0. The van der Waals surface area contributed by atoms with E-state index in [1.807, 2.05) is 39.8 Å². The summed E-state index contributed by atoms with van der Waals surface area (Å²) < 4.78 is 12.0. The molecular formula is C15H19BN4O2. The SMILES string of the molecule is CC1(C)OB(c2cnc(-c3ccncc3)nc2N)OC1(C)C. The number of aromatic nitrogens is 3. The molecule has 0 aromatic carbocycles. The molecule has 0 unspecified atom stereocenters. The summed E-state index contributed by atoms with van der Waals surface area (Å²) in [6.45, 7) is 7.98. The second-order valence-electron chi connectivity index (χ2n) is 6.36. The molecule has 0 amide bonds. The van der Waals surface area contributed by atoms with Gasteiger partial charge in [-0.05, 0) is 39.8 Å². The molecule has 3 rings (SSSR count). The number of nitrogens with two attached hydrogens (primary N) is 1. The van der Waals surface area contributed by atoms with Crippen molar-refractivity contribution in [2.45, 2.75) is 38.9 Å². The Kier molecular flexibility index (Phi) is 3.42. The van der Waals surface area contributed by atoms with Gasteiger partial charge in [0.1, 0.15) is 5.82 Å². The van der Waals surface area contributed by atoms with Crippen LogP contribution in [0.15, 0.2) is 30.7 Å². The first-order chi connectivity index (χ1) is 10.3. The molecular weight excluding hydrogens is 279 g/mol. The monoisotopic (exact) mass is 298 g/mol. The van der Waals surface area contributed by atoms with Crippen molar-refractivity contribution in [3.05, 3.63) is 30.7 Å². The van der Waals surface area contributed by atoms with Crippen molar-refractivity contribution in [3.63, 3.8) is 0 Å². The Bertz CT molecular complexity index is 675. The fourth-order valence-corrected chi connectivity index (χ4v) is 2.20. The van der Waals surface area contributed by atoms with Gasteiger partial charge in [0, 0.05) is 29.6 Å². The summed E-state index contributed by atoms with van der Waals surface area (Å²) in [5.74, 6) is 0.917. The number of hydrogen-bond acceptors (Lipinski definition) is 6. The van der Waals surface area contributed by atoms with Crippen LogP contribution in [0.4, 0.5) is 5.82 Å². The summed E-state index contributed by atoms with van der Waals surface area (Å²) in [5, 5.41) is 0. The van der Waals surface area contributed by atoms with Crippen LogP contribution in [0.5, 0.6) is 0 Å². The van der Waals surface area contributed by atoms with Crippen LogP contribution in [0.25, 0.3) is 11.4 Å². The third kappa shape index (κ3) is 2.46. The second kappa shape index (κ2) is 5.03. The fraction of sp³-hybridized carbons (Fsp3) is 0.400. The number of hydrogen-bond donors (Lipinski definition) is 1. The Balaban J connectivity index is 1.91. The fourth-order valence-electron chi connectivity index (χ4n) is 2.20. The van der Waals surface area contributed by atoms with E-state index in [9.17, 15) is 0 Å². The lowest BCUT2D eigenvalue weighted by molar-refractivity contribution is 0.00578. The van der Waals surface area contributed by atoms with E-state index in [2.05, 4.69) is 15.0 Å². The van der Waals surface area contributed by atoms with E-state index in [4.69, 9.17) is 15.0 Å². The first-order valence-corrected chi connectivity index (χ1v) is 7.19. The van der Waals surface area contributed by atoms with Gasteiger partial charge in [-0.15, -0.1) is 0 Å². The molecule has 0 saturated carbocycles. The lowest BCUT2D eigenvalue weighted by Gasteiger charge is -2.32. The summed E-state index contributed by atoms with van der Waals surface area (Å²) in [6.07, 6.45) is 5.05. The maximum Gasteiger partial charge on any atom is 0.500 e. The number of nitrogen functional groups attached to an aromatic ring is 1. The molecule has 0 spiro atoms. The van der Waals surface area contributed by atoms with Crippen molar-refractivity contribution in [2.24, 2.45) is 0 Å². The van der Waals surface area contributed by atoms with E-state index in [1.54, 1.807) is 18.6 Å². The lowest BCUT2D eigenvalue weighted by atomic mass is 9.80. The van der Waals surface area contributed by atoms with Crippen molar-refractivity contribution >= 4 is 18.4 Å². The Morgan fingerprint density at radius 1 is 1.05 bits per heavy atom. The van der Waals surface area contributed by atoms with E-state index < -0.39 is 18.3 Å². The van der Waals surface area contributed by atoms with Crippen LogP contribution < -0.4 is 11.2 Å². The molecule has 0 aliphatic carbocycles. The molecule has 114 valence electrons. The van der Waals surface area contributed by atoms with Crippen LogP contribution in [-0.4, -0.2) is 33.3 Å². The largest absolute Gasteiger partial charge is 0.500 e. The molecule has 0 atom stereocenters. The predicted octanol–water partition coefficient (Wildman–Crippen LogP) is 1.42. The molecule has 0 radical (unpaired) electrons. The lowest BCUT2D eigenvalue weighted by Crippen LogP contribution is -2.41. The van der Waals surface area contributed by atoms with E-state index in [-0.39, 0.29) is 0 Å². The maximum absolute atomic E-state index is 6.09. The van der Waals surface area contributed by atoms with Crippen LogP contribution in [0.3, 0.4) is 0 Å². The highest BCUT2D eigenvalue weighted by Crippen LogP contribution is 2.36. The van der Waals surface area contributed by atoms with Gasteiger partial charge in [-0.25, -0.2) is 9.97 Å². The molecule has 1 saturated heterocycles. The van der Waals surface area contributed by atoms with Crippen LogP contribution in [0, 0.1) is 0 Å². The topological polar surface area (TPSA) is 83.2 Å². The molecule has 1 aliphatic rings. The first-order valence-electron chi connectivity index (χ1n) is 7.19. The zero-order valence-electron chi connectivity index (χ0n) is 13.2. The van der Waals surface area contributed by atoms with Crippen molar-refractivity contribution < 1.29 is 9.31 Å². The molecule has 22 heavy (non-hydrogen) atoms. The third-order valence-corrected chi connectivity index (χ3v) is 4.29. The second-order valence-corrected chi connectivity index (χ2v) is 6.36. The molecule has 2 aromatic rings. The molecule has 2 aromatic heterocycles. The van der Waals surface area contributed by atoms with E-state index in [0.29, 0.717) is 17.1 Å². The number of rotatable bonds is 2. The van der Waals surface area contributed by atoms with Crippen LogP contribution in [-0.2, 0) is 9.31 Å². The summed E-state index contributed by atoms with van der Waals surface area (Å²) in [4.78, 5) is 12.7. The smallest absolute Gasteiger partial charge is 0.399 e.